The smallest absolute Gasteiger partial charge is 0.266 e. The number of rotatable bonds is 8. The van der Waals surface area contributed by atoms with Crippen LogP contribution >= 0.6 is 0 Å². The Labute approximate surface area is 268 Å². The molecule has 46 heavy (non-hydrogen) atoms. The molecule has 2 aliphatic rings. The van der Waals surface area contributed by atoms with Crippen LogP contribution in [0, 0.1) is 0 Å². The van der Waals surface area contributed by atoms with E-state index in [2.05, 4.69) is 61.3 Å². The third-order valence-corrected chi connectivity index (χ3v) is 9.22. The number of nitrogens with zero attached hydrogens (tertiary/aromatic N) is 2. The highest BCUT2D eigenvalue weighted by atomic mass is 16.7. The van der Waals surface area contributed by atoms with Crippen LogP contribution in [0.4, 0.5) is 5.69 Å². The summed E-state index contributed by atoms with van der Waals surface area (Å²) in [5.41, 5.74) is 5.06. The number of benzene rings is 5. The Morgan fingerprint density at radius 3 is 2.20 bits per heavy atom. The van der Waals surface area contributed by atoms with Gasteiger partial charge in [0.05, 0.1) is 35.6 Å². The van der Waals surface area contributed by atoms with Gasteiger partial charge in [0.2, 0.25) is 0 Å². The molecule has 2 aliphatic heterocycles. The second kappa shape index (κ2) is 12.6. The van der Waals surface area contributed by atoms with E-state index in [4.69, 9.17) is 9.47 Å². The summed E-state index contributed by atoms with van der Waals surface area (Å²) in [5, 5.41) is 12.0. The van der Waals surface area contributed by atoms with Gasteiger partial charge < -0.3 is 14.6 Å². The fraction of sp³-hybridized carbons (Fsp3) is 0.231. The van der Waals surface area contributed by atoms with E-state index in [1.807, 2.05) is 42.5 Å². The van der Waals surface area contributed by atoms with E-state index >= 15 is 0 Å². The number of fused-ring (bicyclic) bond motifs is 2. The quantitative estimate of drug-likeness (QED) is 0.184. The molecular formula is C39H36N2O5. The van der Waals surface area contributed by atoms with Crippen molar-refractivity contribution in [2.45, 2.75) is 44.5 Å². The minimum atomic E-state index is -0.722. The summed E-state index contributed by atoms with van der Waals surface area (Å²) in [5.74, 6) is -0.681. The van der Waals surface area contributed by atoms with E-state index in [0.717, 1.165) is 16.7 Å². The number of hydrogen-bond donors (Lipinski definition) is 1. The summed E-state index contributed by atoms with van der Waals surface area (Å²) in [6.45, 7) is 2.84. The Bertz CT molecular complexity index is 1870. The van der Waals surface area contributed by atoms with E-state index in [0.29, 0.717) is 29.8 Å². The predicted molar refractivity (Wildman–Crippen MR) is 177 cm³/mol. The van der Waals surface area contributed by atoms with Crippen LogP contribution in [0.25, 0.3) is 10.8 Å². The number of anilines is 1. The number of carbonyl (C=O) groups excluding carboxylic acids is 2. The maximum absolute atomic E-state index is 13.2. The van der Waals surface area contributed by atoms with Crippen molar-refractivity contribution < 1.29 is 24.2 Å². The molecule has 7 nitrogen and oxygen atoms in total. The standard InChI is InChI=1S/C39H36N2O5/c1-25(29-19-18-27-8-3-4-9-30(27)20-29)40(2)23-33-22-36(28-16-14-26(24-42)15-17-28)46-39(45-33)31-10-7-11-32(21-31)41-37(43)34-12-5-6-13-35(34)38(41)44/h3-21,25,33,36,39,42H,22-24H2,1-2H3/t25-,33+,36-,39-/m1/s1. The van der Waals surface area contributed by atoms with Crippen LogP contribution in [0.2, 0.25) is 0 Å². The normalized spacial score (nSPS) is 20.3. The molecule has 5 aromatic rings. The van der Waals surface area contributed by atoms with Crippen molar-refractivity contribution in [1.29, 1.82) is 0 Å². The number of likely N-dealkylation sites (N-methyl/N-ethyl adjacent to an activating group) is 1. The molecule has 5 aromatic carbocycles. The van der Waals surface area contributed by atoms with Crippen molar-refractivity contribution in [3.05, 3.63) is 149 Å². The zero-order valence-electron chi connectivity index (χ0n) is 25.9. The van der Waals surface area contributed by atoms with Gasteiger partial charge in [-0.05, 0) is 71.8 Å². The lowest BCUT2D eigenvalue weighted by Gasteiger charge is -2.39. The minimum Gasteiger partial charge on any atom is -0.392 e. The van der Waals surface area contributed by atoms with E-state index in [1.165, 1.54) is 21.2 Å². The molecule has 1 fully saturated rings. The Morgan fingerprint density at radius 2 is 1.48 bits per heavy atom. The molecule has 0 spiro atoms. The van der Waals surface area contributed by atoms with Gasteiger partial charge in [-0.3, -0.25) is 14.5 Å². The molecule has 2 amide bonds. The zero-order valence-corrected chi connectivity index (χ0v) is 25.9. The largest absolute Gasteiger partial charge is 0.392 e. The monoisotopic (exact) mass is 612 g/mol. The van der Waals surface area contributed by atoms with Gasteiger partial charge in [-0.25, -0.2) is 4.90 Å². The number of amides is 2. The number of imide groups is 1. The fourth-order valence-electron chi connectivity index (χ4n) is 6.47. The van der Waals surface area contributed by atoms with Gasteiger partial charge in [0.25, 0.3) is 11.8 Å². The summed E-state index contributed by atoms with van der Waals surface area (Å²) in [6.07, 6.45) is -0.510. The Morgan fingerprint density at radius 1 is 0.783 bits per heavy atom. The first kappa shape index (κ1) is 30.0. The average Bonchev–Trinajstić information content (AvgIpc) is 3.36. The zero-order chi connectivity index (χ0) is 31.8. The number of aliphatic hydroxyl groups is 1. The molecule has 232 valence electrons. The number of ether oxygens (including phenoxy) is 2. The van der Waals surface area contributed by atoms with Gasteiger partial charge in [0, 0.05) is 24.6 Å². The topological polar surface area (TPSA) is 79.3 Å². The molecule has 7 rings (SSSR count). The molecule has 0 saturated carbocycles. The molecule has 1 saturated heterocycles. The van der Waals surface area contributed by atoms with E-state index in [9.17, 15) is 14.7 Å². The van der Waals surface area contributed by atoms with Crippen LogP contribution in [0.5, 0.6) is 0 Å². The summed E-state index contributed by atoms with van der Waals surface area (Å²) in [7, 11) is 2.11. The fourth-order valence-corrected chi connectivity index (χ4v) is 6.47. The van der Waals surface area contributed by atoms with Crippen LogP contribution in [-0.2, 0) is 16.1 Å². The lowest BCUT2D eigenvalue weighted by atomic mass is 9.98. The molecule has 0 unspecified atom stereocenters. The van der Waals surface area contributed by atoms with Crippen molar-refractivity contribution in [3.8, 4) is 0 Å². The minimum absolute atomic E-state index is 0.0256. The van der Waals surface area contributed by atoms with Gasteiger partial charge in [-0.15, -0.1) is 0 Å². The third kappa shape index (κ3) is 5.74. The molecule has 1 N–H and O–H groups in total. The van der Waals surface area contributed by atoms with Crippen molar-refractivity contribution >= 4 is 28.3 Å². The number of aliphatic hydroxyl groups excluding tert-OH is 1. The highest BCUT2D eigenvalue weighted by Gasteiger charge is 2.38. The van der Waals surface area contributed by atoms with Gasteiger partial charge in [-0.2, -0.15) is 0 Å². The predicted octanol–water partition coefficient (Wildman–Crippen LogP) is 7.37. The summed E-state index contributed by atoms with van der Waals surface area (Å²) in [4.78, 5) is 30.0. The van der Waals surface area contributed by atoms with Crippen LogP contribution < -0.4 is 4.90 Å². The first-order valence-corrected chi connectivity index (χ1v) is 15.7. The van der Waals surface area contributed by atoms with Gasteiger partial charge in [-0.1, -0.05) is 84.9 Å². The maximum Gasteiger partial charge on any atom is 0.266 e. The number of hydrogen-bond acceptors (Lipinski definition) is 6. The molecule has 7 heteroatoms. The summed E-state index contributed by atoms with van der Waals surface area (Å²) >= 11 is 0. The first-order chi connectivity index (χ1) is 22.4. The van der Waals surface area contributed by atoms with Crippen molar-refractivity contribution in [1.82, 2.24) is 4.90 Å². The average molecular weight is 613 g/mol. The lowest BCUT2D eigenvalue weighted by molar-refractivity contribution is -0.253. The molecule has 4 atom stereocenters. The van der Waals surface area contributed by atoms with Gasteiger partial charge in [0.1, 0.15) is 0 Å². The Balaban J connectivity index is 1.15. The molecule has 0 radical (unpaired) electrons. The number of carbonyl (C=O) groups is 2. The van der Waals surface area contributed by atoms with Crippen LogP contribution in [0.15, 0.2) is 115 Å². The maximum atomic E-state index is 13.2. The van der Waals surface area contributed by atoms with Gasteiger partial charge in [0.15, 0.2) is 6.29 Å². The summed E-state index contributed by atoms with van der Waals surface area (Å²) in [6, 6.07) is 37.1. The van der Waals surface area contributed by atoms with E-state index < -0.39 is 6.29 Å². The highest BCUT2D eigenvalue weighted by Crippen LogP contribution is 2.40. The third-order valence-electron chi connectivity index (χ3n) is 9.22. The molecule has 2 heterocycles. The van der Waals surface area contributed by atoms with Crippen molar-refractivity contribution in [3.63, 3.8) is 0 Å². The summed E-state index contributed by atoms with van der Waals surface area (Å²) < 4.78 is 13.2. The second-order valence-electron chi connectivity index (χ2n) is 12.2. The van der Waals surface area contributed by atoms with Crippen LogP contribution in [0.3, 0.4) is 0 Å². The Hall–Kier alpha value is -4.66. The Kier molecular flexibility index (Phi) is 8.23. The lowest BCUT2D eigenvalue weighted by Crippen LogP contribution is -2.38. The van der Waals surface area contributed by atoms with Crippen molar-refractivity contribution in [2.75, 3.05) is 18.5 Å². The van der Waals surface area contributed by atoms with Crippen LogP contribution in [0.1, 0.15) is 74.8 Å². The van der Waals surface area contributed by atoms with Crippen LogP contribution in [-0.4, -0.2) is 41.5 Å². The molecule has 0 aromatic heterocycles. The van der Waals surface area contributed by atoms with Gasteiger partial charge >= 0.3 is 0 Å². The molecule has 0 bridgehead atoms. The molecule has 0 aliphatic carbocycles. The molecular weight excluding hydrogens is 576 g/mol. The van der Waals surface area contributed by atoms with E-state index in [-0.39, 0.29) is 36.7 Å². The highest BCUT2D eigenvalue weighted by molar-refractivity contribution is 6.34. The first-order valence-electron chi connectivity index (χ1n) is 15.7. The van der Waals surface area contributed by atoms with Crippen molar-refractivity contribution in [2.24, 2.45) is 0 Å². The second-order valence-corrected chi connectivity index (χ2v) is 12.2. The van der Waals surface area contributed by atoms with E-state index in [1.54, 1.807) is 30.3 Å². The SMILES string of the molecule is C[C@H](c1ccc2ccccc2c1)N(C)C[C@@H]1C[C@H](c2ccc(CO)cc2)O[C@H](c2cccc(N3C(=O)c4ccccc4C3=O)c2)O1.